The fourth-order valence-corrected chi connectivity index (χ4v) is 2.39. The highest BCUT2D eigenvalue weighted by atomic mass is 32.1. The molecule has 1 aromatic heterocycles. The van der Waals surface area contributed by atoms with Crippen LogP contribution in [0.3, 0.4) is 0 Å². The standard InChI is InChI=1S/C14H13FOS/c15-12-4-1-3-11(9-12)10-13(16)6-7-14-5-2-8-17-14/h1-5,8-9H,6-7,10H2. The highest BCUT2D eigenvalue weighted by molar-refractivity contribution is 7.09. The molecule has 0 aliphatic rings. The molecule has 0 amide bonds. The van der Waals surface area contributed by atoms with Gasteiger partial charge < -0.3 is 0 Å². The molecule has 2 rings (SSSR count). The lowest BCUT2D eigenvalue weighted by molar-refractivity contribution is -0.118. The Balaban J connectivity index is 1.85. The highest BCUT2D eigenvalue weighted by Crippen LogP contribution is 2.12. The van der Waals surface area contributed by atoms with Gasteiger partial charge in [-0.05, 0) is 35.6 Å². The van der Waals surface area contributed by atoms with E-state index in [9.17, 15) is 9.18 Å². The summed E-state index contributed by atoms with van der Waals surface area (Å²) < 4.78 is 12.9. The molecular formula is C14H13FOS. The van der Waals surface area contributed by atoms with Crippen molar-refractivity contribution in [1.29, 1.82) is 0 Å². The largest absolute Gasteiger partial charge is 0.299 e. The number of rotatable bonds is 5. The SMILES string of the molecule is O=C(CCc1cccs1)Cc1cccc(F)c1. The van der Waals surface area contributed by atoms with Crippen LogP contribution in [0.2, 0.25) is 0 Å². The molecule has 17 heavy (non-hydrogen) atoms. The quantitative estimate of drug-likeness (QED) is 0.789. The van der Waals surface area contributed by atoms with E-state index in [0.29, 0.717) is 12.8 Å². The predicted octanol–water partition coefficient (Wildman–Crippen LogP) is 3.63. The zero-order valence-electron chi connectivity index (χ0n) is 9.36. The van der Waals surface area contributed by atoms with Crippen LogP contribution < -0.4 is 0 Å². The Labute approximate surface area is 104 Å². The van der Waals surface area contributed by atoms with Crippen molar-refractivity contribution in [3.63, 3.8) is 0 Å². The average Bonchev–Trinajstić information content (AvgIpc) is 2.79. The summed E-state index contributed by atoms with van der Waals surface area (Å²) in [7, 11) is 0. The maximum atomic E-state index is 12.9. The number of Topliss-reactive ketones (excluding diaryl/α,β-unsaturated/α-hetero) is 1. The Hall–Kier alpha value is -1.48. The van der Waals surface area contributed by atoms with E-state index < -0.39 is 0 Å². The molecule has 0 bridgehead atoms. The Morgan fingerprint density at radius 1 is 1.24 bits per heavy atom. The van der Waals surface area contributed by atoms with Gasteiger partial charge in [0.25, 0.3) is 0 Å². The van der Waals surface area contributed by atoms with Crippen molar-refractivity contribution in [2.75, 3.05) is 0 Å². The fraction of sp³-hybridized carbons (Fsp3) is 0.214. The normalized spacial score (nSPS) is 10.4. The molecule has 0 fully saturated rings. The first-order chi connectivity index (χ1) is 8.24. The summed E-state index contributed by atoms with van der Waals surface area (Å²) in [4.78, 5) is 12.9. The van der Waals surface area contributed by atoms with Crippen molar-refractivity contribution in [3.05, 3.63) is 58.0 Å². The van der Waals surface area contributed by atoms with Crippen molar-refractivity contribution >= 4 is 17.1 Å². The zero-order chi connectivity index (χ0) is 12.1. The molecule has 0 radical (unpaired) electrons. The second kappa shape index (κ2) is 5.73. The summed E-state index contributed by atoms with van der Waals surface area (Å²) in [5, 5.41) is 2.01. The molecule has 88 valence electrons. The van der Waals surface area contributed by atoms with Gasteiger partial charge in [0, 0.05) is 17.7 Å². The van der Waals surface area contributed by atoms with E-state index in [1.807, 2.05) is 17.5 Å². The zero-order valence-corrected chi connectivity index (χ0v) is 10.2. The van der Waals surface area contributed by atoms with Crippen LogP contribution in [0.25, 0.3) is 0 Å². The van der Waals surface area contributed by atoms with Crippen molar-refractivity contribution in [3.8, 4) is 0 Å². The number of thiophene rings is 1. The second-order valence-corrected chi connectivity index (χ2v) is 4.96. The van der Waals surface area contributed by atoms with Gasteiger partial charge in [0.1, 0.15) is 11.6 Å². The minimum Gasteiger partial charge on any atom is -0.299 e. The van der Waals surface area contributed by atoms with E-state index in [0.717, 1.165) is 12.0 Å². The summed E-state index contributed by atoms with van der Waals surface area (Å²) in [6, 6.07) is 10.2. The molecule has 0 spiro atoms. The van der Waals surface area contributed by atoms with Gasteiger partial charge in [-0.2, -0.15) is 0 Å². The number of aryl methyl sites for hydroxylation is 1. The van der Waals surface area contributed by atoms with Gasteiger partial charge in [-0.1, -0.05) is 18.2 Å². The Morgan fingerprint density at radius 3 is 2.82 bits per heavy atom. The number of hydrogen-bond acceptors (Lipinski definition) is 2. The molecule has 0 aliphatic heterocycles. The number of hydrogen-bond donors (Lipinski definition) is 0. The predicted molar refractivity (Wildman–Crippen MR) is 67.8 cm³/mol. The maximum absolute atomic E-state index is 12.9. The molecule has 0 atom stereocenters. The van der Waals surface area contributed by atoms with Crippen LogP contribution in [0.15, 0.2) is 41.8 Å². The molecular weight excluding hydrogens is 235 g/mol. The molecule has 1 heterocycles. The van der Waals surface area contributed by atoms with Crippen LogP contribution in [0, 0.1) is 5.82 Å². The molecule has 0 N–H and O–H groups in total. The summed E-state index contributed by atoms with van der Waals surface area (Å²) in [6.45, 7) is 0. The monoisotopic (exact) mass is 248 g/mol. The van der Waals surface area contributed by atoms with E-state index in [1.54, 1.807) is 23.5 Å². The van der Waals surface area contributed by atoms with Crippen LogP contribution >= 0.6 is 11.3 Å². The molecule has 0 unspecified atom stereocenters. The van der Waals surface area contributed by atoms with Crippen molar-refractivity contribution in [2.45, 2.75) is 19.3 Å². The van der Waals surface area contributed by atoms with Crippen molar-refractivity contribution in [2.24, 2.45) is 0 Å². The van der Waals surface area contributed by atoms with Gasteiger partial charge in [-0.25, -0.2) is 4.39 Å². The van der Waals surface area contributed by atoms with Gasteiger partial charge in [0.2, 0.25) is 0 Å². The maximum Gasteiger partial charge on any atom is 0.137 e. The van der Waals surface area contributed by atoms with Crippen LogP contribution in [0.4, 0.5) is 4.39 Å². The summed E-state index contributed by atoms with van der Waals surface area (Å²) >= 11 is 1.66. The second-order valence-electron chi connectivity index (χ2n) is 3.92. The van der Waals surface area contributed by atoms with Crippen LogP contribution in [-0.4, -0.2) is 5.78 Å². The smallest absolute Gasteiger partial charge is 0.137 e. The van der Waals surface area contributed by atoms with E-state index in [4.69, 9.17) is 0 Å². The molecule has 1 aromatic carbocycles. The van der Waals surface area contributed by atoms with Gasteiger partial charge >= 0.3 is 0 Å². The number of halogens is 1. The highest BCUT2D eigenvalue weighted by Gasteiger charge is 2.05. The Morgan fingerprint density at radius 2 is 2.12 bits per heavy atom. The third-order valence-corrected chi connectivity index (χ3v) is 3.46. The van der Waals surface area contributed by atoms with E-state index in [2.05, 4.69) is 0 Å². The molecule has 0 saturated heterocycles. The van der Waals surface area contributed by atoms with Gasteiger partial charge in [0.05, 0.1) is 0 Å². The Kier molecular flexibility index (Phi) is 4.04. The third kappa shape index (κ3) is 3.79. The first kappa shape index (κ1) is 12.0. The van der Waals surface area contributed by atoms with E-state index in [1.165, 1.54) is 17.0 Å². The topological polar surface area (TPSA) is 17.1 Å². The molecule has 0 aliphatic carbocycles. The first-order valence-electron chi connectivity index (χ1n) is 5.52. The van der Waals surface area contributed by atoms with Crippen molar-refractivity contribution in [1.82, 2.24) is 0 Å². The van der Waals surface area contributed by atoms with Crippen LogP contribution in [0.5, 0.6) is 0 Å². The Bertz CT molecular complexity index is 491. The van der Waals surface area contributed by atoms with E-state index >= 15 is 0 Å². The molecule has 0 saturated carbocycles. The number of benzene rings is 1. The summed E-state index contributed by atoms with van der Waals surface area (Å²) in [5.74, 6) is -0.127. The number of carbonyl (C=O) groups excluding carboxylic acids is 1. The lowest BCUT2D eigenvalue weighted by Gasteiger charge is -2.00. The van der Waals surface area contributed by atoms with Crippen LogP contribution in [-0.2, 0) is 17.6 Å². The minimum absolute atomic E-state index is 0.156. The number of ketones is 1. The first-order valence-corrected chi connectivity index (χ1v) is 6.40. The molecule has 2 aromatic rings. The third-order valence-electron chi connectivity index (χ3n) is 2.52. The fourth-order valence-electron chi connectivity index (χ4n) is 1.68. The van der Waals surface area contributed by atoms with Crippen molar-refractivity contribution < 1.29 is 9.18 Å². The summed E-state index contributed by atoms with van der Waals surface area (Å²) in [5.41, 5.74) is 0.751. The van der Waals surface area contributed by atoms with Gasteiger partial charge in [-0.15, -0.1) is 11.3 Å². The lowest BCUT2D eigenvalue weighted by atomic mass is 10.1. The number of carbonyl (C=O) groups is 1. The average molecular weight is 248 g/mol. The van der Waals surface area contributed by atoms with Gasteiger partial charge in [-0.3, -0.25) is 4.79 Å². The summed E-state index contributed by atoms with van der Waals surface area (Å²) in [6.07, 6.45) is 1.63. The van der Waals surface area contributed by atoms with E-state index in [-0.39, 0.29) is 11.6 Å². The lowest BCUT2D eigenvalue weighted by Crippen LogP contribution is -2.04. The molecule has 3 heteroatoms. The van der Waals surface area contributed by atoms with Crippen LogP contribution in [0.1, 0.15) is 16.9 Å². The minimum atomic E-state index is -0.284. The van der Waals surface area contributed by atoms with Gasteiger partial charge in [0.15, 0.2) is 0 Å². The molecule has 1 nitrogen and oxygen atoms in total.